The first kappa shape index (κ1) is 33.5. The zero-order chi connectivity index (χ0) is 34.1. The number of rotatable bonds is 5. The SMILES string of the molecule is Nc1nc(N)c(C(=O)/N=C2\NCC3(CCN(C(=O)c4cccc(SN5CCCN(c6ccc(C(F)(F)F)cn6)CC5)c4)CC3)N2)nc1Cl. The molecule has 6 N–H and O–H groups in total. The number of nitrogens with zero attached hydrogens (tertiary/aromatic N) is 7. The summed E-state index contributed by atoms with van der Waals surface area (Å²) in [4.78, 5) is 46.8. The number of carbonyl (C=O) groups excluding carboxylic acids is 2. The molecule has 0 bridgehead atoms. The number of amides is 2. The number of hydrogen-bond donors (Lipinski definition) is 4. The zero-order valence-electron chi connectivity index (χ0n) is 25.6. The van der Waals surface area contributed by atoms with Gasteiger partial charge in [0.05, 0.1) is 11.1 Å². The Morgan fingerprint density at radius 1 is 1.00 bits per heavy atom. The summed E-state index contributed by atoms with van der Waals surface area (Å²) in [6.07, 6.45) is -1.45. The molecule has 1 aromatic carbocycles. The summed E-state index contributed by atoms with van der Waals surface area (Å²) in [6, 6.07) is 10.0. The molecule has 48 heavy (non-hydrogen) atoms. The Bertz CT molecular complexity index is 1720. The number of hydrogen-bond acceptors (Lipinski definition) is 10. The van der Waals surface area contributed by atoms with Gasteiger partial charge in [-0.25, -0.2) is 19.3 Å². The minimum absolute atomic E-state index is 0.0629. The number of aliphatic imine (C=N–C) groups is 1. The van der Waals surface area contributed by atoms with E-state index < -0.39 is 17.6 Å². The number of alkyl halides is 3. The maximum absolute atomic E-state index is 13.5. The predicted octanol–water partition coefficient (Wildman–Crippen LogP) is 3.29. The molecule has 3 fully saturated rings. The molecule has 1 spiro atoms. The lowest BCUT2D eigenvalue weighted by molar-refractivity contribution is -0.137. The van der Waals surface area contributed by atoms with Crippen molar-refractivity contribution >= 4 is 58.8 Å². The highest BCUT2D eigenvalue weighted by Gasteiger charge is 2.41. The minimum Gasteiger partial charge on any atom is -0.382 e. The van der Waals surface area contributed by atoms with E-state index in [0.29, 0.717) is 63.5 Å². The Morgan fingerprint density at radius 3 is 2.52 bits per heavy atom. The van der Waals surface area contributed by atoms with Crippen molar-refractivity contribution in [2.24, 2.45) is 4.99 Å². The van der Waals surface area contributed by atoms with E-state index in [0.717, 1.165) is 30.1 Å². The number of piperidine rings is 1. The standard InChI is InChI=1S/C30H33ClF3N11O2S/c31-23-25(36)40-24(35)22(39-23)26(46)41-28-38-17-29(42-28)7-11-44(12-8-29)27(47)18-3-1-4-20(15-18)48-45-10-2-9-43(13-14-45)21-6-5-19(16-37-21)30(32,33)34/h1,3-6,15-16H,2,7-14,17H2,(H4,35,36,40)(H2,38,41,42,46). The van der Waals surface area contributed by atoms with E-state index >= 15 is 0 Å². The number of halogens is 4. The topological polar surface area (TPSA) is 171 Å². The summed E-state index contributed by atoms with van der Waals surface area (Å²) in [6.45, 7) is 4.29. The summed E-state index contributed by atoms with van der Waals surface area (Å²) in [5, 5.41) is 6.29. The van der Waals surface area contributed by atoms with Crippen LogP contribution in [-0.4, -0.2) is 93.3 Å². The average Bonchev–Trinajstić information content (AvgIpc) is 3.29. The number of nitrogens with two attached hydrogens (primary N) is 2. The normalized spacial score (nSPS) is 19.2. The first-order valence-corrected chi connectivity index (χ1v) is 16.4. The van der Waals surface area contributed by atoms with Crippen LogP contribution in [0.4, 0.5) is 30.6 Å². The first-order chi connectivity index (χ1) is 22.9. The lowest BCUT2D eigenvalue weighted by Gasteiger charge is -2.38. The molecule has 0 aliphatic carbocycles. The van der Waals surface area contributed by atoms with E-state index in [4.69, 9.17) is 23.1 Å². The summed E-state index contributed by atoms with van der Waals surface area (Å²) in [7, 11) is 0. The number of aromatic nitrogens is 3. The summed E-state index contributed by atoms with van der Waals surface area (Å²) >= 11 is 7.45. The van der Waals surface area contributed by atoms with Gasteiger partial charge >= 0.3 is 12.1 Å². The van der Waals surface area contributed by atoms with Gasteiger partial charge in [0.25, 0.3) is 5.91 Å². The van der Waals surface area contributed by atoms with Crippen LogP contribution in [0.2, 0.25) is 5.15 Å². The van der Waals surface area contributed by atoms with Gasteiger partial charge in [0, 0.05) is 62.5 Å². The van der Waals surface area contributed by atoms with E-state index in [1.165, 1.54) is 6.07 Å². The van der Waals surface area contributed by atoms with Gasteiger partial charge in [-0.2, -0.15) is 18.2 Å². The molecule has 0 atom stereocenters. The van der Waals surface area contributed by atoms with Gasteiger partial charge in [-0.15, -0.1) is 0 Å². The molecule has 6 rings (SSSR count). The molecule has 0 unspecified atom stereocenters. The Morgan fingerprint density at radius 2 is 1.79 bits per heavy atom. The maximum Gasteiger partial charge on any atom is 0.417 e. The molecule has 3 aliphatic heterocycles. The average molecular weight is 704 g/mol. The van der Waals surface area contributed by atoms with Gasteiger partial charge in [0.2, 0.25) is 0 Å². The number of pyridine rings is 1. The molecule has 18 heteroatoms. The van der Waals surface area contributed by atoms with Gasteiger partial charge in [0.1, 0.15) is 5.82 Å². The molecule has 3 aliphatic rings. The van der Waals surface area contributed by atoms with Gasteiger partial charge in [-0.3, -0.25) is 9.59 Å². The highest BCUT2D eigenvalue weighted by atomic mass is 35.5. The smallest absolute Gasteiger partial charge is 0.382 e. The van der Waals surface area contributed by atoms with Crippen LogP contribution in [0.3, 0.4) is 0 Å². The predicted molar refractivity (Wildman–Crippen MR) is 177 cm³/mol. The number of likely N-dealkylation sites (tertiary alicyclic amines) is 1. The van der Waals surface area contributed by atoms with Gasteiger partial charge in [-0.05, 0) is 61.5 Å². The molecule has 0 radical (unpaired) electrons. The lowest BCUT2D eigenvalue weighted by atomic mass is 9.88. The summed E-state index contributed by atoms with van der Waals surface area (Å²) < 4.78 is 41.0. The largest absolute Gasteiger partial charge is 0.417 e. The third-order valence-electron chi connectivity index (χ3n) is 8.48. The molecule has 5 heterocycles. The van der Waals surface area contributed by atoms with E-state index in [2.05, 4.69) is 34.9 Å². The highest BCUT2D eigenvalue weighted by Crippen LogP contribution is 2.31. The van der Waals surface area contributed by atoms with Crippen LogP contribution in [0.5, 0.6) is 0 Å². The number of guanidine groups is 1. The third kappa shape index (κ3) is 7.52. The maximum atomic E-state index is 13.5. The van der Waals surface area contributed by atoms with E-state index in [1.807, 2.05) is 28.0 Å². The summed E-state index contributed by atoms with van der Waals surface area (Å²) in [5.41, 5.74) is 10.6. The lowest BCUT2D eigenvalue weighted by Crippen LogP contribution is -2.53. The van der Waals surface area contributed by atoms with E-state index in [1.54, 1.807) is 18.0 Å². The molecular formula is C30H33ClF3N11O2S. The Labute approximate surface area is 283 Å². The van der Waals surface area contributed by atoms with Crippen LogP contribution >= 0.6 is 23.5 Å². The molecular weight excluding hydrogens is 671 g/mol. The monoisotopic (exact) mass is 703 g/mol. The number of carbonyl (C=O) groups is 2. The number of nitrogen functional groups attached to an aromatic ring is 2. The Hall–Kier alpha value is -4.35. The highest BCUT2D eigenvalue weighted by molar-refractivity contribution is 7.97. The number of benzene rings is 1. The molecule has 2 amide bonds. The van der Waals surface area contributed by atoms with Crippen molar-refractivity contribution in [1.29, 1.82) is 0 Å². The molecule has 2 aromatic heterocycles. The second kappa shape index (κ2) is 13.6. The van der Waals surface area contributed by atoms with E-state index in [9.17, 15) is 22.8 Å². The fourth-order valence-corrected chi connectivity index (χ4v) is 6.96. The van der Waals surface area contributed by atoms with Crippen LogP contribution in [0, 0.1) is 0 Å². The van der Waals surface area contributed by atoms with Gasteiger partial charge in [0.15, 0.2) is 28.4 Å². The molecule has 3 saturated heterocycles. The minimum atomic E-state index is -4.42. The van der Waals surface area contributed by atoms with E-state index in [-0.39, 0.29) is 39.9 Å². The summed E-state index contributed by atoms with van der Waals surface area (Å²) in [5.74, 6) is -0.216. The van der Waals surface area contributed by atoms with Crippen molar-refractivity contribution in [3.05, 3.63) is 64.6 Å². The van der Waals surface area contributed by atoms with Crippen molar-refractivity contribution < 1.29 is 22.8 Å². The Kier molecular flexibility index (Phi) is 9.53. The van der Waals surface area contributed by atoms with Crippen LogP contribution in [-0.2, 0) is 6.18 Å². The first-order valence-electron chi connectivity index (χ1n) is 15.2. The van der Waals surface area contributed by atoms with Gasteiger partial charge in [-0.1, -0.05) is 17.7 Å². The van der Waals surface area contributed by atoms with Crippen LogP contribution in [0.25, 0.3) is 0 Å². The van der Waals surface area contributed by atoms with Crippen molar-refractivity contribution in [1.82, 2.24) is 34.8 Å². The second-order valence-electron chi connectivity index (χ2n) is 11.7. The van der Waals surface area contributed by atoms with Crippen molar-refractivity contribution in [3.8, 4) is 0 Å². The second-order valence-corrected chi connectivity index (χ2v) is 13.3. The molecule has 254 valence electrons. The quantitative estimate of drug-likeness (QED) is 0.287. The van der Waals surface area contributed by atoms with Crippen LogP contribution in [0.15, 0.2) is 52.5 Å². The molecule has 0 saturated carbocycles. The van der Waals surface area contributed by atoms with Crippen LogP contribution < -0.4 is 27.0 Å². The zero-order valence-corrected chi connectivity index (χ0v) is 27.2. The van der Waals surface area contributed by atoms with Crippen molar-refractivity contribution in [3.63, 3.8) is 0 Å². The third-order valence-corrected chi connectivity index (χ3v) is 9.84. The van der Waals surface area contributed by atoms with Gasteiger partial charge < -0.3 is 31.9 Å². The number of anilines is 3. The van der Waals surface area contributed by atoms with Crippen molar-refractivity contribution in [2.45, 2.75) is 35.9 Å². The Balaban J connectivity index is 1.01. The fourth-order valence-electron chi connectivity index (χ4n) is 5.83. The number of nitrogens with one attached hydrogen (secondary N) is 2. The van der Waals surface area contributed by atoms with Crippen LogP contribution in [0.1, 0.15) is 45.7 Å². The molecule has 13 nitrogen and oxygen atoms in total. The molecule has 3 aromatic rings. The van der Waals surface area contributed by atoms with Crippen molar-refractivity contribution in [2.75, 3.05) is 62.2 Å². The fraction of sp³-hybridized carbons (Fsp3) is 0.400.